The van der Waals surface area contributed by atoms with E-state index in [-0.39, 0.29) is 43.1 Å². The summed E-state index contributed by atoms with van der Waals surface area (Å²) in [7, 11) is 1.43. The van der Waals surface area contributed by atoms with Gasteiger partial charge in [0.05, 0.1) is 37.2 Å². The van der Waals surface area contributed by atoms with Crippen LogP contribution in [0.4, 0.5) is 4.79 Å². The minimum absolute atomic E-state index is 0.0418. The van der Waals surface area contributed by atoms with Crippen molar-refractivity contribution in [3.63, 3.8) is 0 Å². The topological polar surface area (TPSA) is 129 Å². The molecule has 1 atom stereocenters. The predicted molar refractivity (Wildman–Crippen MR) is 126 cm³/mol. The Morgan fingerprint density at radius 3 is 2.74 bits per heavy atom. The van der Waals surface area contributed by atoms with Gasteiger partial charge < -0.3 is 19.7 Å². The van der Waals surface area contributed by atoms with E-state index in [1.54, 1.807) is 25.3 Å². The molecule has 0 radical (unpaired) electrons. The van der Waals surface area contributed by atoms with Crippen molar-refractivity contribution >= 4 is 23.6 Å². The van der Waals surface area contributed by atoms with Crippen LogP contribution in [0.25, 0.3) is 11.4 Å². The zero-order valence-corrected chi connectivity index (χ0v) is 19.9. The molecular weight excluding hydrogens is 476 g/mol. The zero-order chi connectivity index (χ0) is 24.9. The summed E-state index contributed by atoms with van der Waals surface area (Å²) in [5.74, 6) is 0.0904. The van der Waals surface area contributed by atoms with Crippen molar-refractivity contribution in [2.75, 3.05) is 26.8 Å². The number of ether oxygens (including phenoxy) is 2. The Labute approximate surface area is 205 Å². The second kappa shape index (κ2) is 10.5. The van der Waals surface area contributed by atoms with E-state index in [0.29, 0.717) is 22.2 Å². The van der Waals surface area contributed by atoms with Crippen LogP contribution in [0, 0.1) is 0 Å². The monoisotopic (exact) mass is 498 g/mol. The zero-order valence-electron chi connectivity index (χ0n) is 19.1. The standard InChI is InChI=1S/C23H23ClN6O5/c1-3-35-23(33)29-8-9-30-20(31)11-17(16-6-7-25-13-26-16)27-21(30)18(12-29)28-22(32)15-5-4-14(24)10-19(15)34-2/h4-7,10-11,13,18H,3,8-9,12H2,1-2H3,(H,28,32). The fourth-order valence-corrected chi connectivity index (χ4v) is 3.94. The second-order valence-electron chi connectivity index (χ2n) is 7.60. The number of carbonyl (C=O) groups is 2. The van der Waals surface area contributed by atoms with Gasteiger partial charge in [-0.2, -0.15) is 0 Å². The van der Waals surface area contributed by atoms with Crippen LogP contribution in [0.3, 0.4) is 0 Å². The molecular formula is C23H23ClN6O5. The summed E-state index contributed by atoms with van der Waals surface area (Å²) in [5, 5.41) is 3.30. The average Bonchev–Trinajstić information content (AvgIpc) is 3.04. The van der Waals surface area contributed by atoms with Crippen LogP contribution in [-0.4, -0.2) is 63.2 Å². The first-order valence-corrected chi connectivity index (χ1v) is 11.2. The largest absolute Gasteiger partial charge is 0.496 e. The predicted octanol–water partition coefficient (Wildman–Crippen LogP) is 2.31. The summed E-state index contributed by atoms with van der Waals surface area (Å²) in [4.78, 5) is 53.0. The first kappa shape index (κ1) is 24.1. The molecule has 1 unspecified atom stereocenters. The van der Waals surface area contributed by atoms with Gasteiger partial charge in [-0.3, -0.25) is 14.2 Å². The minimum atomic E-state index is -0.829. The molecule has 0 fully saturated rings. The first-order valence-electron chi connectivity index (χ1n) is 10.9. The molecule has 3 aromatic rings. The quantitative estimate of drug-likeness (QED) is 0.567. The number of methoxy groups -OCH3 is 1. The number of hydrogen-bond acceptors (Lipinski definition) is 8. The highest BCUT2D eigenvalue weighted by molar-refractivity contribution is 6.30. The third-order valence-electron chi connectivity index (χ3n) is 5.43. The first-order chi connectivity index (χ1) is 16.9. The lowest BCUT2D eigenvalue weighted by Crippen LogP contribution is -2.41. The molecule has 0 aliphatic carbocycles. The smallest absolute Gasteiger partial charge is 0.409 e. The van der Waals surface area contributed by atoms with Crippen LogP contribution in [0.5, 0.6) is 5.75 Å². The number of aromatic nitrogens is 4. The Morgan fingerprint density at radius 2 is 2.03 bits per heavy atom. The average molecular weight is 499 g/mol. The van der Waals surface area contributed by atoms with Gasteiger partial charge in [0.2, 0.25) is 0 Å². The number of halogens is 1. The van der Waals surface area contributed by atoms with Crippen molar-refractivity contribution < 1.29 is 19.1 Å². The molecule has 1 aromatic carbocycles. The summed E-state index contributed by atoms with van der Waals surface area (Å²) in [6.45, 7) is 2.33. The highest BCUT2D eigenvalue weighted by Gasteiger charge is 2.31. The van der Waals surface area contributed by atoms with E-state index in [9.17, 15) is 14.4 Å². The van der Waals surface area contributed by atoms with Gasteiger partial charge in [0.1, 0.15) is 23.9 Å². The Hall–Kier alpha value is -3.99. The van der Waals surface area contributed by atoms with E-state index in [1.165, 1.54) is 41.1 Å². The summed E-state index contributed by atoms with van der Waals surface area (Å²) >= 11 is 6.03. The molecule has 2 amide bonds. The van der Waals surface area contributed by atoms with Crippen LogP contribution < -0.4 is 15.6 Å². The number of fused-ring (bicyclic) bond motifs is 1. The van der Waals surface area contributed by atoms with Gasteiger partial charge in [-0.25, -0.2) is 19.7 Å². The maximum absolute atomic E-state index is 13.3. The van der Waals surface area contributed by atoms with Gasteiger partial charge in [0, 0.05) is 30.4 Å². The van der Waals surface area contributed by atoms with E-state index in [4.69, 9.17) is 21.1 Å². The highest BCUT2D eigenvalue weighted by atomic mass is 35.5. The molecule has 0 saturated heterocycles. The minimum Gasteiger partial charge on any atom is -0.496 e. The van der Waals surface area contributed by atoms with Gasteiger partial charge in [-0.05, 0) is 31.2 Å². The molecule has 35 heavy (non-hydrogen) atoms. The molecule has 0 spiro atoms. The van der Waals surface area contributed by atoms with Crippen LogP contribution in [0.2, 0.25) is 5.02 Å². The number of benzene rings is 1. The fourth-order valence-electron chi connectivity index (χ4n) is 3.78. The summed E-state index contributed by atoms with van der Waals surface area (Å²) in [6.07, 6.45) is 2.35. The van der Waals surface area contributed by atoms with Crippen molar-refractivity contribution in [3.8, 4) is 17.1 Å². The molecule has 1 N–H and O–H groups in total. The second-order valence-corrected chi connectivity index (χ2v) is 8.04. The molecule has 4 rings (SSSR count). The van der Waals surface area contributed by atoms with E-state index >= 15 is 0 Å². The molecule has 0 bridgehead atoms. The maximum atomic E-state index is 13.3. The summed E-state index contributed by atoms with van der Waals surface area (Å²) in [5.41, 5.74) is 0.690. The molecule has 1 aliphatic rings. The Morgan fingerprint density at radius 1 is 1.20 bits per heavy atom. The number of carbonyl (C=O) groups excluding carboxylic acids is 2. The van der Waals surface area contributed by atoms with E-state index in [0.717, 1.165) is 0 Å². The van der Waals surface area contributed by atoms with Crippen molar-refractivity contribution in [1.29, 1.82) is 0 Å². The van der Waals surface area contributed by atoms with Crippen LogP contribution in [0.15, 0.2) is 47.7 Å². The number of amides is 2. The Bertz CT molecular complexity index is 1300. The molecule has 2 aromatic heterocycles. The van der Waals surface area contributed by atoms with Gasteiger partial charge in [-0.15, -0.1) is 0 Å². The van der Waals surface area contributed by atoms with Gasteiger partial charge in [0.15, 0.2) is 0 Å². The molecule has 11 nitrogen and oxygen atoms in total. The van der Waals surface area contributed by atoms with E-state index in [2.05, 4.69) is 20.3 Å². The third-order valence-corrected chi connectivity index (χ3v) is 5.66. The lowest BCUT2D eigenvalue weighted by Gasteiger charge is -2.24. The normalized spacial score (nSPS) is 15.1. The SMILES string of the molecule is CCOC(=O)N1CCn2c(nc(-c3ccncn3)cc2=O)C(NC(=O)c2ccc(Cl)cc2OC)C1. The number of rotatable bonds is 5. The molecule has 0 saturated carbocycles. The van der Waals surface area contributed by atoms with Crippen molar-refractivity contribution in [2.45, 2.75) is 19.5 Å². The fraction of sp³-hybridized carbons (Fsp3) is 0.304. The molecule has 182 valence electrons. The Balaban J connectivity index is 1.76. The summed E-state index contributed by atoms with van der Waals surface area (Å²) in [6, 6.07) is 6.80. The number of nitrogens with zero attached hydrogens (tertiary/aromatic N) is 5. The molecule has 3 heterocycles. The maximum Gasteiger partial charge on any atom is 0.409 e. The van der Waals surface area contributed by atoms with E-state index in [1.807, 2.05) is 0 Å². The highest BCUT2D eigenvalue weighted by Crippen LogP contribution is 2.25. The number of nitrogens with one attached hydrogen (secondary N) is 1. The van der Waals surface area contributed by atoms with Gasteiger partial charge >= 0.3 is 6.09 Å². The molecule has 12 heteroatoms. The Kier molecular flexibility index (Phi) is 7.25. The van der Waals surface area contributed by atoms with Crippen molar-refractivity contribution in [3.05, 3.63) is 69.6 Å². The van der Waals surface area contributed by atoms with Crippen LogP contribution in [0.1, 0.15) is 29.1 Å². The van der Waals surface area contributed by atoms with Gasteiger partial charge in [-0.1, -0.05) is 11.6 Å². The lowest BCUT2D eigenvalue weighted by atomic mass is 10.1. The number of hydrogen-bond donors (Lipinski definition) is 1. The molecule has 1 aliphatic heterocycles. The lowest BCUT2D eigenvalue weighted by molar-refractivity contribution is 0.0887. The third kappa shape index (κ3) is 5.24. The van der Waals surface area contributed by atoms with Crippen LogP contribution in [-0.2, 0) is 11.3 Å². The van der Waals surface area contributed by atoms with Crippen LogP contribution >= 0.6 is 11.6 Å². The van der Waals surface area contributed by atoms with E-state index < -0.39 is 18.0 Å². The summed E-state index contributed by atoms with van der Waals surface area (Å²) < 4.78 is 11.9. The van der Waals surface area contributed by atoms with Crippen molar-refractivity contribution in [2.24, 2.45) is 0 Å². The van der Waals surface area contributed by atoms with Gasteiger partial charge in [0.25, 0.3) is 11.5 Å². The van der Waals surface area contributed by atoms with Crippen molar-refractivity contribution in [1.82, 2.24) is 29.7 Å².